The van der Waals surface area contributed by atoms with E-state index in [9.17, 15) is 4.79 Å². The first-order chi connectivity index (χ1) is 8.25. The van der Waals surface area contributed by atoms with Gasteiger partial charge in [0.05, 0.1) is 6.04 Å². The highest BCUT2D eigenvalue weighted by Crippen LogP contribution is 2.38. The molecular formula is C13H22N2OS. The van der Waals surface area contributed by atoms with Crippen molar-refractivity contribution in [3.05, 3.63) is 0 Å². The van der Waals surface area contributed by atoms with Crippen molar-refractivity contribution in [1.29, 1.82) is 0 Å². The predicted octanol–water partition coefficient (Wildman–Crippen LogP) is 1.34. The van der Waals surface area contributed by atoms with Crippen LogP contribution in [0.15, 0.2) is 0 Å². The number of nitrogens with one attached hydrogen (secondary N) is 1. The Hall–Kier alpha value is -0.220. The summed E-state index contributed by atoms with van der Waals surface area (Å²) in [7, 11) is 0. The Kier molecular flexibility index (Phi) is 3.35. The van der Waals surface area contributed by atoms with Crippen LogP contribution in [-0.4, -0.2) is 47.5 Å². The van der Waals surface area contributed by atoms with Gasteiger partial charge >= 0.3 is 0 Å². The minimum Gasteiger partial charge on any atom is -0.339 e. The maximum Gasteiger partial charge on any atom is 0.240 e. The lowest BCUT2D eigenvalue weighted by atomic mass is 9.93. The summed E-state index contributed by atoms with van der Waals surface area (Å²) in [5.41, 5.74) is 0. The summed E-state index contributed by atoms with van der Waals surface area (Å²) >= 11 is 1.99. The first kappa shape index (κ1) is 11.8. The maximum absolute atomic E-state index is 12.5. The molecule has 0 radical (unpaired) electrons. The third kappa shape index (κ3) is 2.22. The second kappa shape index (κ2) is 4.81. The van der Waals surface area contributed by atoms with Crippen LogP contribution in [0, 0.1) is 11.8 Å². The molecule has 1 amide bonds. The Morgan fingerprint density at radius 3 is 3.12 bits per heavy atom. The van der Waals surface area contributed by atoms with Gasteiger partial charge in [-0.05, 0) is 31.2 Å². The van der Waals surface area contributed by atoms with Gasteiger partial charge in [-0.15, -0.1) is 0 Å². The number of amides is 1. The SMILES string of the molecule is CC1CN(C(=O)C2NCC3CCCC32)CCS1. The second-order valence-corrected chi connectivity index (χ2v) is 7.25. The number of thioether (sulfide) groups is 1. The monoisotopic (exact) mass is 254 g/mol. The summed E-state index contributed by atoms with van der Waals surface area (Å²) in [6.07, 6.45) is 3.91. The van der Waals surface area contributed by atoms with Crippen LogP contribution in [0.4, 0.5) is 0 Å². The van der Waals surface area contributed by atoms with E-state index < -0.39 is 0 Å². The van der Waals surface area contributed by atoms with Crippen molar-refractivity contribution in [2.24, 2.45) is 11.8 Å². The van der Waals surface area contributed by atoms with Gasteiger partial charge in [0, 0.05) is 24.1 Å². The van der Waals surface area contributed by atoms with Crippen molar-refractivity contribution in [2.75, 3.05) is 25.4 Å². The number of nitrogens with zero attached hydrogens (tertiary/aromatic N) is 1. The summed E-state index contributed by atoms with van der Waals surface area (Å²) < 4.78 is 0. The van der Waals surface area contributed by atoms with Crippen LogP contribution < -0.4 is 5.32 Å². The molecule has 0 aromatic rings. The summed E-state index contributed by atoms with van der Waals surface area (Å²) in [6.45, 7) is 5.19. The minimum absolute atomic E-state index is 0.137. The molecule has 0 aromatic carbocycles. The lowest BCUT2D eigenvalue weighted by molar-refractivity contribution is -0.134. The van der Waals surface area contributed by atoms with Gasteiger partial charge < -0.3 is 10.2 Å². The predicted molar refractivity (Wildman–Crippen MR) is 71.1 cm³/mol. The van der Waals surface area contributed by atoms with Crippen LogP contribution in [0.2, 0.25) is 0 Å². The molecule has 96 valence electrons. The van der Waals surface area contributed by atoms with Crippen LogP contribution in [0.25, 0.3) is 0 Å². The van der Waals surface area contributed by atoms with Crippen LogP contribution in [0.5, 0.6) is 0 Å². The zero-order valence-corrected chi connectivity index (χ0v) is 11.3. The van der Waals surface area contributed by atoms with E-state index in [0.717, 1.165) is 31.3 Å². The van der Waals surface area contributed by atoms with Gasteiger partial charge in [-0.1, -0.05) is 13.3 Å². The fraction of sp³-hybridized carbons (Fsp3) is 0.923. The highest BCUT2D eigenvalue weighted by molar-refractivity contribution is 7.99. The van der Waals surface area contributed by atoms with Crippen molar-refractivity contribution in [3.63, 3.8) is 0 Å². The first-order valence-electron chi connectivity index (χ1n) is 6.89. The number of hydrogen-bond acceptors (Lipinski definition) is 3. The zero-order chi connectivity index (χ0) is 11.8. The van der Waals surface area contributed by atoms with E-state index >= 15 is 0 Å². The molecule has 3 rings (SSSR count). The molecule has 0 spiro atoms. The largest absolute Gasteiger partial charge is 0.339 e. The quantitative estimate of drug-likeness (QED) is 0.766. The smallest absolute Gasteiger partial charge is 0.240 e. The van der Waals surface area contributed by atoms with Crippen molar-refractivity contribution in [3.8, 4) is 0 Å². The van der Waals surface area contributed by atoms with Crippen LogP contribution in [0.1, 0.15) is 26.2 Å². The summed E-state index contributed by atoms with van der Waals surface area (Å²) in [4.78, 5) is 14.6. The topological polar surface area (TPSA) is 32.3 Å². The zero-order valence-electron chi connectivity index (χ0n) is 10.5. The number of carbonyl (C=O) groups excluding carboxylic acids is 1. The molecule has 0 bridgehead atoms. The van der Waals surface area contributed by atoms with Gasteiger partial charge in [0.15, 0.2) is 0 Å². The summed E-state index contributed by atoms with van der Waals surface area (Å²) in [6, 6.07) is 0.137. The Morgan fingerprint density at radius 1 is 1.41 bits per heavy atom. The molecule has 4 heteroatoms. The number of rotatable bonds is 1. The van der Waals surface area contributed by atoms with E-state index in [-0.39, 0.29) is 6.04 Å². The fourth-order valence-electron chi connectivity index (χ4n) is 3.67. The Balaban J connectivity index is 1.65. The average Bonchev–Trinajstić information content (AvgIpc) is 2.89. The molecule has 3 nitrogen and oxygen atoms in total. The first-order valence-corrected chi connectivity index (χ1v) is 7.94. The molecule has 4 unspecified atom stereocenters. The molecule has 17 heavy (non-hydrogen) atoms. The van der Waals surface area contributed by atoms with Gasteiger partial charge in [0.2, 0.25) is 5.91 Å². The number of fused-ring (bicyclic) bond motifs is 1. The molecule has 0 aromatic heterocycles. The summed E-state index contributed by atoms with van der Waals surface area (Å²) in [5.74, 6) is 2.90. The lowest BCUT2D eigenvalue weighted by Crippen LogP contribution is -2.50. The van der Waals surface area contributed by atoms with Crippen molar-refractivity contribution in [1.82, 2.24) is 10.2 Å². The molecular weight excluding hydrogens is 232 g/mol. The van der Waals surface area contributed by atoms with E-state index in [2.05, 4.69) is 17.1 Å². The van der Waals surface area contributed by atoms with Gasteiger partial charge in [0.25, 0.3) is 0 Å². The van der Waals surface area contributed by atoms with Crippen molar-refractivity contribution >= 4 is 17.7 Å². The highest BCUT2D eigenvalue weighted by Gasteiger charge is 2.44. The Labute approximate surface area is 108 Å². The van der Waals surface area contributed by atoms with Crippen LogP contribution in [0.3, 0.4) is 0 Å². The third-order valence-electron chi connectivity index (χ3n) is 4.56. The van der Waals surface area contributed by atoms with Crippen molar-refractivity contribution in [2.45, 2.75) is 37.5 Å². The third-order valence-corrected chi connectivity index (χ3v) is 5.70. The Bertz CT molecular complexity index is 310. The van der Waals surface area contributed by atoms with E-state index in [1.165, 1.54) is 19.3 Å². The molecule has 2 aliphatic heterocycles. The second-order valence-electron chi connectivity index (χ2n) is 5.71. The lowest BCUT2D eigenvalue weighted by Gasteiger charge is -2.33. The molecule has 2 saturated heterocycles. The molecule has 1 N–H and O–H groups in total. The van der Waals surface area contributed by atoms with Gasteiger partial charge in [0.1, 0.15) is 0 Å². The van der Waals surface area contributed by atoms with Crippen LogP contribution in [-0.2, 0) is 4.79 Å². The van der Waals surface area contributed by atoms with E-state index in [4.69, 9.17) is 0 Å². The molecule has 1 saturated carbocycles. The minimum atomic E-state index is 0.137. The normalized spacial score (nSPS) is 41.6. The molecule has 4 atom stereocenters. The Morgan fingerprint density at radius 2 is 2.29 bits per heavy atom. The summed E-state index contributed by atoms with van der Waals surface area (Å²) in [5, 5.41) is 4.08. The van der Waals surface area contributed by atoms with Crippen molar-refractivity contribution < 1.29 is 4.79 Å². The van der Waals surface area contributed by atoms with Gasteiger partial charge in [-0.2, -0.15) is 11.8 Å². The molecule has 3 fully saturated rings. The number of carbonyl (C=O) groups is 1. The maximum atomic E-state index is 12.5. The van der Waals surface area contributed by atoms with Gasteiger partial charge in [-0.25, -0.2) is 0 Å². The molecule has 3 aliphatic rings. The van der Waals surface area contributed by atoms with Gasteiger partial charge in [-0.3, -0.25) is 4.79 Å². The van der Waals surface area contributed by atoms with Crippen LogP contribution >= 0.6 is 11.8 Å². The molecule has 1 aliphatic carbocycles. The number of hydrogen-bond donors (Lipinski definition) is 1. The fourth-order valence-corrected chi connectivity index (χ4v) is 4.69. The molecule has 2 heterocycles. The highest BCUT2D eigenvalue weighted by atomic mass is 32.2. The van der Waals surface area contributed by atoms with E-state index in [1.54, 1.807) is 0 Å². The standard InChI is InChI=1S/C13H22N2OS/c1-9-8-15(5-6-17-9)13(16)12-11-4-2-3-10(11)7-14-12/h9-12,14H,2-8H2,1H3. The van der Waals surface area contributed by atoms with E-state index in [1.807, 2.05) is 11.8 Å². The van der Waals surface area contributed by atoms with E-state index in [0.29, 0.717) is 17.1 Å². The average molecular weight is 254 g/mol.